The van der Waals surface area contributed by atoms with Gasteiger partial charge < -0.3 is 4.52 Å². The van der Waals surface area contributed by atoms with Gasteiger partial charge in [-0.1, -0.05) is 47.1 Å². The normalized spacial score (nSPS) is 10.3. The van der Waals surface area contributed by atoms with Crippen molar-refractivity contribution in [2.75, 3.05) is 5.32 Å². The summed E-state index contributed by atoms with van der Waals surface area (Å²) in [4.78, 5) is 12.2. The Kier molecular flexibility index (Phi) is 3.71. The van der Waals surface area contributed by atoms with Crippen LogP contribution in [0, 0.1) is 0 Å². The second-order valence-corrected chi connectivity index (χ2v) is 4.83. The van der Waals surface area contributed by atoms with Gasteiger partial charge in [-0.2, -0.15) is 0 Å². The summed E-state index contributed by atoms with van der Waals surface area (Å²) in [7, 11) is 0. The maximum absolute atomic E-state index is 12.2. The standard InChI is InChI=1S/C16H11ClN2O2/c17-13-8-6-12(7-9-13)15(20)19-16-14(10-18-21-16)11-4-2-1-3-5-11/h1-10H,(H,19,20). The highest BCUT2D eigenvalue weighted by Gasteiger charge is 2.14. The summed E-state index contributed by atoms with van der Waals surface area (Å²) in [6.07, 6.45) is 1.58. The molecule has 2 aromatic carbocycles. The van der Waals surface area contributed by atoms with Crippen LogP contribution < -0.4 is 5.32 Å². The number of benzene rings is 2. The van der Waals surface area contributed by atoms with Crippen molar-refractivity contribution in [2.45, 2.75) is 0 Å². The molecule has 21 heavy (non-hydrogen) atoms. The second-order valence-electron chi connectivity index (χ2n) is 4.40. The maximum Gasteiger partial charge on any atom is 0.258 e. The fourth-order valence-electron chi connectivity index (χ4n) is 1.93. The van der Waals surface area contributed by atoms with Crippen molar-refractivity contribution < 1.29 is 9.32 Å². The average molecular weight is 299 g/mol. The molecule has 1 amide bonds. The Morgan fingerprint density at radius 2 is 1.76 bits per heavy atom. The number of carbonyl (C=O) groups is 1. The van der Waals surface area contributed by atoms with Gasteiger partial charge in [0.15, 0.2) is 0 Å². The van der Waals surface area contributed by atoms with Crippen molar-refractivity contribution in [2.24, 2.45) is 0 Å². The van der Waals surface area contributed by atoms with Crippen molar-refractivity contribution in [3.63, 3.8) is 0 Å². The first kappa shape index (κ1) is 13.4. The number of carbonyl (C=O) groups excluding carboxylic acids is 1. The molecule has 0 radical (unpaired) electrons. The predicted octanol–water partition coefficient (Wildman–Crippen LogP) is 4.25. The van der Waals surface area contributed by atoms with E-state index in [4.69, 9.17) is 16.1 Å². The molecule has 0 aliphatic rings. The van der Waals surface area contributed by atoms with Gasteiger partial charge in [0.25, 0.3) is 5.91 Å². The van der Waals surface area contributed by atoms with Crippen LogP contribution in [0.15, 0.2) is 65.3 Å². The van der Waals surface area contributed by atoms with E-state index in [1.165, 1.54) is 0 Å². The maximum atomic E-state index is 12.2. The molecule has 1 heterocycles. The number of hydrogen-bond donors (Lipinski definition) is 1. The van der Waals surface area contributed by atoms with Crippen LogP contribution in [0.1, 0.15) is 10.4 Å². The van der Waals surface area contributed by atoms with Crippen molar-refractivity contribution in [1.29, 1.82) is 0 Å². The van der Waals surface area contributed by atoms with Crippen LogP contribution in [0.5, 0.6) is 0 Å². The highest BCUT2D eigenvalue weighted by molar-refractivity contribution is 6.30. The number of anilines is 1. The molecular formula is C16H11ClN2O2. The molecule has 5 heteroatoms. The summed E-state index contributed by atoms with van der Waals surface area (Å²) in [6.45, 7) is 0. The van der Waals surface area contributed by atoms with Crippen LogP contribution >= 0.6 is 11.6 Å². The van der Waals surface area contributed by atoms with Crippen LogP contribution in [0.3, 0.4) is 0 Å². The predicted molar refractivity (Wildman–Crippen MR) is 81.3 cm³/mol. The Labute approximate surface area is 126 Å². The lowest BCUT2D eigenvalue weighted by Crippen LogP contribution is -2.11. The number of nitrogens with one attached hydrogen (secondary N) is 1. The molecule has 0 aliphatic carbocycles. The molecule has 3 rings (SSSR count). The zero-order valence-electron chi connectivity index (χ0n) is 10.9. The molecule has 0 saturated heterocycles. The first-order chi connectivity index (χ1) is 10.2. The highest BCUT2D eigenvalue weighted by atomic mass is 35.5. The lowest BCUT2D eigenvalue weighted by atomic mass is 10.1. The van der Waals surface area contributed by atoms with Crippen molar-refractivity contribution in [3.05, 3.63) is 71.4 Å². The smallest absolute Gasteiger partial charge is 0.258 e. The monoisotopic (exact) mass is 298 g/mol. The summed E-state index contributed by atoms with van der Waals surface area (Å²) in [5, 5.41) is 7.04. The summed E-state index contributed by atoms with van der Waals surface area (Å²) < 4.78 is 5.13. The van der Waals surface area contributed by atoms with Crippen LogP contribution in [0.2, 0.25) is 5.02 Å². The van der Waals surface area contributed by atoms with Crippen molar-refractivity contribution >= 4 is 23.4 Å². The van der Waals surface area contributed by atoms with Gasteiger partial charge in [-0.05, 0) is 29.8 Å². The Bertz CT molecular complexity index is 751. The summed E-state index contributed by atoms with van der Waals surface area (Å²) in [6, 6.07) is 16.2. The van der Waals surface area contributed by atoms with Crippen molar-refractivity contribution in [3.8, 4) is 11.1 Å². The van der Waals surface area contributed by atoms with Crippen LogP contribution in [-0.4, -0.2) is 11.1 Å². The molecule has 0 fully saturated rings. The van der Waals surface area contributed by atoms with E-state index in [-0.39, 0.29) is 5.91 Å². The molecule has 0 unspecified atom stereocenters. The molecule has 0 aliphatic heterocycles. The van der Waals surface area contributed by atoms with E-state index in [9.17, 15) is 4.79 Å². The van der Waals surface area contributed by atoms with E-state index in [0.717, 1.165) is 11.1 Å². The van der Waals surface area contributed by atoms with Gasteiger partial charge in [-0.15, -0.1) is 0 Å². The van der Waals surface area contributed by atoms with Crippen LogP contribution in [0.4, 0.5) is 5.88 Å². The fraction of sp³-hybridized carbons (Fsp3) is 0. The van der Waals surface area contributed by atoms with E-state index in [1.807, 2.05) is 30.3 Å². The quantitative estimate of drug-likeness (QED) is 0.786. The van der Waals surface area contributed by atoms with Gasteiger partial charge in [0.05, 0.1) is 11.8 Å². The molecule has 0 bridgehead atoms. The van der Waals surface area contributed by atoms with Gasteiger partial charge in [-0.25, -0.2) is 0 Å². The van der Waals surface area contributed by atoms with Crippen molar-refractivity contribution in [1.82, 2.24) is 5.16 Å². The Morgan fingerprint density at radius 1 is 1.05 bits per heavy atom. The van der Waals surface area contributed by atoms with Gasteiger partial charge in [-0.3, -0.25) is 10.1 Å². The van der Waals surface area contributed by atoms with Gasteiger partial charge in [0.2, 0.25) is 5.88 Å². The molecule has 0 saturated carbocycles. The zero-order valence-corrected chi connectivity index (χ0v) is 11.7. The van der Waals surface area contributed by atoms with E-state index in [1.54, 1.807) is 30.5 Å². The molecule has 4 nitrogen and oxygen atoms in total. The van der Waals surface area contributed by atoms with Gasteiger partial charge >= 0.3 is 0 Å². The molecule has 104 valence electrons. The minimum absolute atomic E-state index is 0.277. The molecule has 1 aromatic heterocycles. The first-order valence-electron chi connectivity index (χ1n) is 6.31. The van der Waals surface area contributed by atoms with Gasteiger partial charge in [0.1, 0.15) is 0 Å². The third kappa shape index (κ3) is 2.95. The van der Waals surface area contributed by atoms with E-state index in [2.05, 4.69) is 10.5 Å². The van der Waals surface area contributed by atoms with Crippen LogP contribution in [0.25, 0.3) is 11.1 Å². The average Bonchev–Trinajstić information content (AvgIpc) is 2.97. The number of rotatable bonds is 3. The van der Waals surface area contributed by atoms with E-state index in [0.29, 0.717) is 16.5 Å². The summed E-state index contributed by atoms with van der Waals surface area (Å²) in [5.41, 5.74) is 2.15. The topological polar surface area (TPSA) is 55.1 Å². The molecule has 0 atom stereocenters. The third-order valence-corrected chi connectivity index (χ3v) is 3.24. The second kappa shape index (κ2) is 5.81. The number of aromatic nitrogens is 1. The lowest BCUT2D eigenvalue weighted by molar-refractivity contribution is 0.102. The number of halogens is 1. The van der Waals surface area contributed by atoms with E-state index >= 15 is 0 Å². The number of nitrogens with zero attached hydrogens (tertiary/aromatic N) is 1. The van der Waals surface area contributed by atoms with Crippen LogP contribution in [-0.2, 0) is 0 Å². The largest absolute Gasteiger partial charge is 0.338 e. The Morgan fingerprint density at radius 3 is 2.48 bits per heavy atom. The van der Waals surface area contributed by atoms with Gasteiger partial charge in [0, 0.05) is 10.6 Å². The number of amides is 1. The third-order valence-electron chi connectivity index (χ3n) is 2.99. The molecule has 0 spiro atoms. The Hall–Kier alpha value is -2.59. The minimum atomic E-state index is -0.277. The molecule has 3 aromatic rings. The molecule has 1 N–H and O–H groups in total. The minimum Gasteiger partial charge on any atom is -0.338 e. The summed E-state index contributed by atoms with van der Waals surface area (Å²) >= 11 is 5.80. The lowest BCUT2D eigenvalue weighted by Gasteiger charge is -2.04. The first-order valence-corrected chi connectivity index (χ1v) is 6.69. The zero-order chi connectivity index (χ0) is 14.7. The van der Waals surface area contributed by atoms with E-state index < -0.39 is 0 Å². The summed E-state index contributed by atoms with van der Waals surface area (Å²) in [5.74, 6) is 0.0433. The molecular weight excluding hydrogens is 288 g/mol. The number of hydrogen-bond acceptors (Lipinski definition) is 3. The fourth-order valence-corrected chi connectivity index (χ4v) is 2.06. The Balaban J connectivity index is 1.85. The highest BCUT2D eigenvalue weighted by Crippen LogP contribution is 2.27. The SMILES string of the molecule is O=C(Nc1oncc1-c1ccccc1)c1ccc(Cl)cc1.